The summed E-state index contributed by atoms with van der Waals surface area (Å²) in [5, 5.41) is 18.1. The monoisotopic (exact) mass is 548 g/mol. The van der Waals surface area contributed by atoms with Crippen LogP contribution in [-0.4, -0.2) is 0 Å². The fourth-order valence-corrected chi connectivity index (χ4v) is 12.3. The molecule has 0 amide bonds. The Morgan fingerprint density at radius 3 is 1.45 bits per heavy atom. The molecule has 0 aliphatic rings. The zero-order valence-corrected chi connectivity index (χ0v) is 22.5. The van der Waals surface area contributed by atoms with Crippen LogP contribution >= 0.6 is 79.4 Å². The highest BCUT2D eigenvalue weighted by Crippen LogP contribution is 2.56. The molecule has 7 aromatic heterocycles. The minimum atomic E-state index is 1.37. The molecule has 0 nitrogen and oxygen atoms in total. The van der Waals surface area contributed by atoms with Crippen LogP contribution in [0.25, 0.3) is 71.0 Å². The molecule has 8 rings (SSSR count). The van der Waals surface area contributed by atoms with Crippen LogP contribution in [0.15, 0.2) is 68.7 Å². The largest absolute Gasteiger partial charge is 0.144 e. The smallest absolute Gasteiger partial charge is 0.0550 e. The second-order valence-electron chi connectivity index (χ2n) is 7.75. The number of hydrogen-bond acceptors (Lipinski definition) is 7. The number of rotatable bonds is 3. The second kappa shape index (κ2) is 7.33. The van der Waals surface area contributed by atoms with Gasteiger partial charge in [0.2, 0.25) is 0 Å². The van der Waals surface area contributed by atoms with Gasteiger partial charge in [0.05, 0.1) is 18.8 Å². The third-order valence-electron chi connectivity index (χ3n) is 6.03. The molecule has 0 unspecified atom stereocenters. The summed E-state index contributed by atoms with van der Waals surface area (Å²) < 4.78 is 7.24. The highest BCUT2D eigenvalue weighted by molar-refractivity contribution is 7.35. The van der Waals surface area contributed by atoms with Crippen molar-refractivity contribution in [3.8, 4) is 31.3 Å². The highest BCUT2D eigenvalue weighted by Gasteiger charge is 2.24. The summed E-state index contributed by atoms with van der Waals surface area (Å²) in [5.41, 5.74) is 4.19. The van der Waals surface area contributed by atoms with Gasteiger partial charge >= 0.3 is 0 Å². The average Bonchev–Trinajstić information content (AvgIpc) is 3.66. The molecule has 7 heteroatoms. The fraction of sp³-hybridized carbons (Fsp3) is 0. The topological polar surface area (TPSA) is 0 Å². The lowest BCUT2D eigenvalue weighted by Crippen LogP contribution is -1.75. The van der Waals surface area contributed by atoms with Gasteiger partial charge in [0.15, 0.2) is 0 Å². The molecule has 0 radical (unpaired) electrons. The molecule has 0 atom stereocenters. The molecule has 0 saturated carbocycles. The molecule has 33 heavy (non-hydrogen) atoms. The Hall–Kier alpha value is -1.84. The molecule has 0 aliphatic carbocycles. The van der Waals surface area contributed by atoms with Gasteiger partial charge in [0.25, 0.3) is 0 Å². The van der Waals surface area contributed by atoms with Crippen LogP contribution in [0.4, 0.5) is 0 Å². The summed E-state index contributed by atoms with van der Waals surface area (Å²) in [7, 11) is 0. The molecule has 0 bridgehead atoms. The standard InChI is InChI=1S/C26H12S7/c1-4-16(27-7-1)13-10-30-24-19(13)21-23(20-14(11-31-25(20)24)17-5-2-8-28-17)33-22-15(12-32-26(21)22)18-6-3-9-29-18/h1-12H. The number of benzene rings is 1. The van der Waals surface area contributed by atoms with Gasteiger partial charge in [-0.3, -0.25) is 0 Å². The van der Waals surface area contributed by atoms with Crippen LogP contribution in [0, 0.1) is 0 Å². The van der Waals surface area contributed by atoms with Crippen molar-refractivity contribution >= 4 is 119 Å². The Kier molecular flexibility index (Phi) is 4.32. The molecule has 0 saturated heterocycles. The van der Waals surface area contributed by atoms with Crippen molar-refractivity contribution in [1.29, 1.82) is 0 Å². The highest BCUT2D eigenvalue weighted by atomic mass is 32.1. The first-order valence-corrected chi connectivity index (χ1v) is 16.4. The van der Waals surface area contributed by atoms with Crippen molar-refractivity contribution in [2.75, 3.05) is 0 Å². The molecule has 0 spiro atoms. The van der Waals surface area contributed by atoms with Gasteiger partial charge in [-0.15, -0.1) is 79.4 Å². The Balaban J connectivity index is 1.61. The van der Waals surface area contributed by atoms with Crippen molar-refractivity contribution in [2.24, 2.45) is 0 Å². The van der Waals surface area contributed by atoms with E-state index in [2.05, 4.69) is 68.7 Å². The third kappa shape index (κ3) is 2.70. The number of hydrogen-bond donors (Lipinski definition) is 0. The van der Waals surface area contributed by atoms with Crippen LogP contribution in [-0.2, 0) is 0 Å². The quantitative estimate of drug-likeness (QED) is 0.206. The summed E-state index contributed by atoms with van der Waals surface area (Å²) in [5.74, 6) is 0. The minimum Gasteiger partial charge on any atom is -0.144 e. The van der Waals surface area contributed by atoms with Crippen LogP contribution < -0.4 is 0 Å². The van der Waals surface area contributed by atoms with Crippen LogP contribution in [0.5, 0.6) is 0 Å². The van der Waals surface area contributed by atoms with Crippen molar-refractivity contribution in [2.45, 2.75) is 0 Å². The van der Waals surface area contributed by atoms with Crippen molar-refractivity contribution < 1.29 is 0 Å². The first-order chi connectivity index (χ1) is 16.4. The molecule has 0 fully saturated rings. The van der Waals surface area contributed by atoms with Crippen LogP contribution in [0.3, 0.4) is 0 Å². The maximum absolute atomic E-state index is 2.39. The van der Waals surface area contributed by atoms with Crippen molar-refractivity contribution in [3.05, 3.63) is 68.7 Å². The summed E-state index contributed by atoms with van der Waals surface area (Å²) >= 11 is 13.3. The van der Waals surface area contributed by atoms with Crippen molar-refractivity contribution in [1.82, 2.24) is 0 Å². The molecular weight excluding hydrogens is 537 g/mol. The first kappa shape index (κ1) is 19.5. The minimum absolute atomic E-state index is 1.37. The predicted octanol–water partition coefficient (Wildman–Crippen LogP) is 11.7. The average molecular weight is 549 g/mol. The lowest BCUT2D eigenvalue weighted by molar-refractivity contribution is 1.94. The summed E-state index contributed by atoms with van der Waals surface area (Å²) in [4.78, 5) is 4.10. The van der Waals surface area contributed by atoms with E-state index in [9.17, 15) is 0 Å². The van der Waals surface area contributed by atoms with E-state index in [-0.39, 0.29) is 0 Å². The van der Waals surface area contributed by atoms with Gasteiger partial charge in [-0.25, -0.2) is 0 Å². The van der Waals surface area contributed by atoms with E-state index < -0.39 is 0 Å². The predicted molar refractivity (Wildman–Crippen MR) is 158 cm³/mol. The normalized spacial score (nSPS) is 12.2. The van der Waals surface area contributed by atoms with E-state index in [0.717, 1.165) is 0 Å². The van der Waals surface area contributed by atoms with Gasteiger partial charge in [-0.1, -0.05) is 18.2 Å². The van der Waals surface area contributed by atoms with E-state index >= 15 is 0 Å². The molecule has 0 N–H and O–H groups in total. The fourth-order valence-electron chi connectivity index (χ4n) is 4.63. The first-order valence-electron chi connectivity index (χ1n) is 10.3. The van der Waals surface area contributed by atoms with E-state index in [1.165, 1.54) is 71.0 Å². The molecule has 0 aliphatic heterocycles. The SMILES string of the molecule is c1csc(-c2csc3c2sc2c4c(-c5cccs5)csc4c4scc(-c5cccs5)c4c32)c1. The van der Waals surface area contributed by atoms with Crippen LogP contribution in [0.1, 0.15) is 0 Å². The van der Waals surface area contributed by atoms with Gasteiger partial charge in [-0.2, -0.15) is 0 Å². The van der Waals surface area contributed by atoms with Crippen LogP contribution in [0.2, 0.25) is 0 Å². The van der Waals surface area contributed by atoms with Crippen molar-refractivity contribution in [3.63, 3.8) is 0 Å². The Morgan fingerprint density at radius 2 is 0.879 bits per heavy atom. The van der Waals surface area contributed by atoms with E-state index in [4.69, 9.17) is 0 Å². The van der Waals surface area contributed by atoms with E-state index in [0.29, 0.717) is 0 Å². The maximum atomic E-state index is 2.39. The molecular formula is C26H12S7. The van der Waals surface area contributed by atoms with E-state index in [1.807, 2.05) is 79.4 Å². The number of fused-ring (bicyclic) bond motifs is 8. The Morgan fingerprint density at radius 1 is 0.394 bits per heavy atom. The summed E-state index contributed by atoms with van der Waals surface area (Å²) in [6.45, 7) is 0. The Labute approximate surface area is 217 Å². The molecule has 7 heterocycles. The second-order valence-corrected chi connectivity index (χ2v) is 14.3. The molecule has 158 valence electrons. The van der Waals surface area contributed by atoms with Gasteiger partial charge in [-0.05, 0) is 34.3 Å². The zero-order chi connectivity index (χ0) is 21.5. The van der Waals surface area contributed by atoms with E-state index in [1.54, 1.807) is 0 Å². The molecule has 1 aromatic carbocycles. The van der Waals surface area contributed by atoms with Gasteiger partial charge in [0, 0.05) is 68.3 Å². The Bertz CT molecular complexity index is 1900. The van der Waals surface area contributed by atoms with Gasteiger partial charge < -0.3 is 0 Å². The lowest BCUT2D eigenvalue weighted by atomic mass is 10.0. The molecule has 8 aromatic rings. The lowest BCUT2D eigenvalue weighted by Gasteiger charge is -2.04. The van der Waals surface area contributed by atoms with Gasteiger partial charge in [0.1, 0.15) is 0 Å². The summed E-state index contributed by atoms with van der Waals surface area (Å²) in [6.07, 6.45) is 0. The summed E-state index contributed by atoms with van der Waals surface area (Å²) in [6, 6.07) is 13.3. The maximum Gasteiger partial charge on any atom is 0.0550 e. The third-order valence-corrected chi connectivity index (χ3v) is 13.2. The number of thiophene rings is 7. The zero-order valence-electron chi connectivity index (χ0n) is 16.8.